The third kappa shape index (κ3) is 2.20. The van der Waals surface area contributed by atoms with Crippen LogP contribution < -0.4 is 11.3 Å². The van der Waals surface area contributed by atoms with Crippen LogP contribution >= 0.6 is 0 Å². The maximum Gasteiger partial charge on any atom is 0.246 e. The summed E-state index contributed by atoms with van der Waals surface area (Å²) in [6.07, 6.45) is 3.34. The molecule has 3 N–H and O–H groups in total. The van der Waals surface area contributed by atoms with E-state index in [1.54, 1.807) is 22.1 Å². The lowest BCUT2D eigenvalue weighted by molar-refractivity contribution is -0.154. The molecule has 7 heteroatoms. The number of hydrazine groups is 1. The molecule has 20 heavy (non-hydrogen) atoms. The lowest BCUT2D eigenvalue weighted by Crippen LogP contribution is -2.56. The molecule has 2 amide bonds. The SMILES string of the molecule is NNc1ccc(CN2CC(=O)N3CCCC3C2=O)cn1. The third-order valence-electron chi connectivity index (χ3n) is 3.84. The van der Waals surface area contributed by atoms with Crippen molar-refractivity contribution in [3.05, 3.63) is 23.9 Å². The first-order chi connectivity index (χ1) is 9.69. The molecular weight excluding hydrogens is 258 g/mol. The zero-order chi connectivity index (χ0) is 14.1. The number of nitrogen functional groups attached to an aromatic ring is 1. The molecule has 2 aliphatic rings. The van der Waals surface area contributed by atoms with Crippen molar-refractivity contribution in [2.75, 3.05) is 18.5 Å². The monoisotopic (exact) mass is 275 g/mol. The molecule has 2 saturated heterocycles. The zero-order valence-corrected chi connectivity index (χ0v) is 11.1. The minimum atomic E-state index is -0.255. The van der Waals surface area contributed by atoms with Gasteiger partial charge in [0.05, 0.1) is 0 Å². The minimum Gasteiger partial charge on any atom is -0.329 e. The molecule has 0 saturated carbocycles. The maximum atomic E-state index is 12.4. The molecule has 2 aliphatic heterocycles. The van der Waals surface area contributed by atoms with Crippen LogP contribution in [-0.4, -0.2) is 45.7 Å². The van der Waals surface area contributed by atoms with Crippen LogP contribution in [0.3, 0.4) is 0 Å². The number of amides is 2. The van der Waals surface area contributed by atoms with Crippen molar-refractivity contribution in [1.29, 1.82) is 0 Å². The number of anilines is 1. The van der Waals surface area contributed by atoms with E-state index in [-0.39, 0.29) is 24.4 Å². The van der Waals surface area contributed by atoms with Crippen molar-refractivity contribution in [2.45, 2.75) is 25.4 Å². The lowest BCUT2D eigenvalue weighted by Gasteiger charge is -2.36. The highest BCUT2D eigenvalue weighted by molar-refractivity contribution is 5.95. The van der Waals surface area contributed by atoms with E-state index in [0.717, 1.165) is 18.4 Å². The Labute approximate surface area is 116 Å². The first-order valence-electron chi connectivity index (χ1n) is 6.69. The van der Waals surface area contributed by atoms with E-state index >= 15 is 0 Å². The Bertz CT molecular complexity index is 530. The van der Waals surface area contributed by atoms with Gasteiger partial charge in [0.2, 0.25) is 11.8 Å². The molecule has 3 heterocycles. The van der Waals surface area contributed by atoms with Gasteiger partial charge in [-0.05, 0) is 24.5 Å². The molecule has 2 fully saturated rings. The summed E-state index contributed by atoms with van der Waals surface area (Å²) in [5, 5.41) is 0. The topological polar surface area (TPSA) is 91.6 Å². The maximum absolute atomic E-state index is 12.4. The highest BCUT2D eigenvalue weighted by Gasteiger charge is 2.41. The van der Waals surface area contributed by atoms with Crippen LogP contribution in [0.5, 0.6) is 0 Å². The summed E-state index contributed by atoms with van der Waals surface area (Å²) in [6.45, 7) is 1.28. The van der Waals surface area contributed by atoms with Gasteiger partial charge in [-0.15, -0.1) is 0 Å². The smallest absolute Gasteiger partial charge is 0.246 e. The second-order valence-electron chi connectivity index (χ2n) is 5.14. The van der Waals surface area contributed by atoms with Crippen molar-refractivity contribution < 1.29 is 9.59 Å². The van der Waals surface area contributed by atoms with Crippen LogP contribution in [0.25, 0.3) is 0 Å². The second-order valence-corrected chi connectivity index (χ2v) is 5.14. The number of carbonyl (C=O) groups is 2. The van der Waals surface area contributed by atoms with Crippen LogP contribution in [0.1, 0.15) is 18.4 Å². The summed E-state index contributed by atoms with van der Waals surface area (Å²) in [7, 11) is 0. The number of nitrogens with two attached hydrogens (primary N) is 1. The molecule has 7 nitrogen and oxygen atoms in total. The number of carbonyl (C=O) groups excluding carboxylic acids is 2. The molecule has 1 unspecified atom stereocenters. The molecule has 1 atom stereocenters. The van der Waals surface area contributed by atoms with Gasteiger partial charge < -0.3 is 15.2 Å². The molecule has 3 rings (SSSR count). The highest BCUT2D eigenvalue weighted by atomic mass is 16.2. The van der Waals surface area contributed by atoms with E-state index in [0.29, 0.717) is 18.9 Å². The standard InChI is InChI=1S/C13H17N5O2/c14-16-11-4-3-9(6-15-11)7-17-8-12(19)18-5-1-2-10(18)13(17)20/h3-4,6,10H,1-2,5,7-8,14H2,(H,15,16). The molecule has 106 valence electrons. The van der Waals surface area contributed by atoms with Crippen LogP contribution in [0.15, 0.2) is 18.3 Å². The molecule has 1 aromatic rings. The van der Waals surface area contributed by atoms with E-state index in [1.165, 1.54) is 0 Å². The molecule has 0 spiro atoms. The van der Waals surface area contributed by atoms with Crippen molar-refractivity contribution >= 4 is 17.6 Å². The number of nitrogens with zero attached hydrogens (tertiary/aromatic N) is 3. The Hall–Kier alpha value is -2.15. The van der Waals surface area contributed by atoms with Gasteiger partial charge in [-0.2, -0.15) is 0 Å². The average molecular weight is 275 g/mol. The number of hydrogen-bond donors (Lipinski definition) is 2. The number of pyridine rings is 1. The molecule has 0 aliphatic carbocycles. The van der Waals surface area contributed by atoms with Crippen LogP contribution in [0.4, 0.5) is 5.82 Å². The quantitative estimate of drug-likeness (QED) is 0.584. The van der Waals surface area contributed by atoms with Gasteiger partial charge in [-0.1, -0.05) is 6.07 Å². The predicted octanol–water partition coefficient (Wildman–Crippen LogP) is -0.300. The fraction of sp³-hybridized carbons (Fsp3) is 0.462. The number of nitrogens with one attached hydrogen (secondary N) is 1. The number of rotatable bonds is 3. The fourth-order valence-corrected chi connectivity index (χ4v) is 2.82. The zero-order valence-electron chi connectivity index (χ0n) is 11.1. The predicted molar refractivity (Wildman–Crippen MR) is 72.2 cm³/mol. The Balaban J connectivity index is 1.73. The molecule has 0 bridgehead atoms. The minimum absolute atomic E-state index is 0.0419. The van der Waals surface area contributed by atoms with E-state index in [4.69, 9.17) is 5.84 Å². The van der Waals surface area contributed by atoms with E-state index in [9.17, 15) is 9.59 Å². The largest absolute Gasteiger partial charge is 0.329 e. The van der Waals surface area contributed by atoms with Gasteiger partial charge in [0.15, 0.2) is 0 Å². The van der Waals surface area contributed by atoms with Crippen LogP contribution in [0, 0.1) is 0 Å². The van der Waals surface area contributed by atoms with Gasteiger partial charge in [-0.25, -0.2) is 10.8 Å². The lowest BCUT2D eigenvalue weighted by atomic mass is 10.1. The Kier molecular flexibility index (Phi) is 3.27. The summed E-state index contributed by atoms with van der Waals surface area (Å²) in [5.74, 6) is 5.91. The highest BCUT2D eigenvalue weighted by Crippen LogP contribution is 2.24. The molecular formula is C13H17N5O2. The summed E-state index contributed by atoms with van der Waals surface area (Å²) in [6, 6.07) is 3.34. The van der Waals surface area contributed by atoms with Gasteiger partial charge in [0.1, 0.15) is 18.4 Å². The van der Waals surface area contributed by atoms with Gasteiger partial charge in [0, 0.05) is 19.3 Å². The van der Waals surface area contributed by atoms with E-state index < -0.39 is 0 Å². The van der Waals surface area contributed by atoms with Crippen LogP contribution in [0.2, 0.25) is 0 Å². The van der Waals surface area contributed by atoms with E-state index in [2.05, 4.69) is 10.4 Å². The molecule has 1 aromatic heterocycles. The van der Waals surface area contributed by atoms with Gasteiger partial charge in [0.25, 0.3) is 0 Å². The molecule has 0 aromatic carbocycles. The average Bonchev–Trinajstić information content (AvgIpc) is 2.95. The van der Waals surface area contributed by atoms with Crippen LogP contribution in [-0.2, 0) is 16.1 Å². The summed E-state index contributed by atoms with van der Waals surface area (Å²) >= 11 is 0. The number of aromatic nitrogens is 1. The van der Waals surface area contributed by atoms with E-state index in [1.807, 2.05) is 6.07 Å². The first kappa shape index (κ1) is 12.9. The normalized spacial score (nSPS) is 22.1. The third-order valence-corrected chi connectivity index (χ3v) is 3.84. The number of piperazine rings is 1. The van der Waals surface area contributed by atoms with Crippen molar-refractivity contribution in [2.24, 2.45) is 5.84 Å². The van der Waals surface area contributed by atoms with Gasteiger partial charge in [-0.3, -0.25) is 9.59 Å². The number of fused-ring (bicyclic) bond motifs is 1. The Morgan fingerprint density at radius 2 is 2.25 bits per heavy atom. The molecule has 0 radical (unpaired) electrons. The fourth-order valence-electron chi connectivity index (χ4n) is 2.82. The van der Waals surface area contributed by atoms with Crippen molar-refractivity contribution in [3.63, 3.8) is 0 Å². The summed E-state index contributed by atoms with van der Waals surface area (Å²) < 4.78 is 0. The first-order valence-corrected chi connectivity index (χ1v) is 6.69. The van der Waals surface area contributed by atoms with Crippen molar-refractivity contribution in [1.82, 2.24) is 14.8 Å². The second kappa shape index (κ2) is 5.09. The summed E-state index contributed by atoms with van der Waals surface area (Å²) in [5.41, 5.74) is 3.34. The Morgan fingerprint density at radius 1 is 1.40 bits per heavy atom. The van der Waals surface area contributed by atoms with Gasteiger partial charge >= 0.3 is 0 Å². The Morgan fingerprint density at radius 3 is 2.95 bits per heavy atom. The summed E-state index contributed by atoms with van der Waals surface area (Å²) in [4.78, 5) is 31.8. The van der Waals surface area contributed by atoms with Crippen molar-refractivity contribution in [3.8, 4) is 0 Å². The number of hydrogen-bond acceptors (Lipinski definition) is 5.